The molecule has 82 valence electrons. The topological polar surface area (TPSA) is 55.8 Å². The third-order valence-electron chi connectivity index (χ3n) is 2.21. The zero-order chi connectivity index (χ0) is 11.4. The number of carboxylic acid groups (broad SMARTS) is 1. The van der Waals surface area contributed by atoms with Crippen molar-refractivity contribution in [1.29, 1.82) is 0 Å². The summed E-state index contributed by atoms with van der Waals surface area (Å²) in [7, 11) is 1.50. The molecule has 1 aromatic rings. The second-order valence-corrected chi connectivity index (χ2v) is 3.11. The van der Waals surface area contributed by atoms with Gasteiger partial charge in [0.05, 0.1) is 7.11 Å². The minimum Gasteiger partial charge on any atom is -0.493 e. The highest BCUT2D eigenvalue weighted by Crippen LogP contribution is 2.33. The Balaban J connectivity index is 3.22. The Labute approximate surface area is 88.4 Å². The molecule has 1 N–H and O–H groups in total. The largest absolute Gasteiger partial charge is 0.511 e. The number of ether oxygens (including phenoxy) is 2. The molecule has 0 aromatic heterocycles. The molecule has 0 bridgehead atoms. The van der Waals surface area contributed by atoms with E-state index in [1.807, 2.05) is 19.9 Å². The van der Waals surface area contributed by atoms with Gasteiger partial charge >= 0.3 is 6.16 Å². The molecule has 4 nitrogen and oxygen atoms in total. The molecule has 0 unspecified atom stereocenters. The minimum absolute atomic E-state index is 0.243. The quantitative estimate of drug-likeness (QED) is 0.615. The first-order valence-electron chi connectivity index (χ1n) is 4.67. The number of rotatable bonds is 3. The Morgan fingerprint density at radius 1 is 1.47 bits per heavy atom. The molecule has 0 aliphatic rings. The Kier molecular flexibility index (Phi) is 3.55. The molecule has 0 amide bonds. The Morgan fingerprint density at radius 3 is 2.60 bits per heavy atom. The molecule has 4 heteroatoms. The maximum atomic E-state index is 10.4. The fraction of sp³-hybridized carbons (Fsp3) is 0.364. The number of benzene rings is 1. The van der Waals surface area contributed by atoms with Crippen LogP contribution in [0.1, 0.15) is 18.1 Å². The summed E-state index contributed by atoms with van der Waals surface area (Å²) >= 11 is 0. The molecule has 0 saturated carbocycles. The summed E-state index contributed by atoms with van der Waals surface area (Å²) in [4.78, 5) is 10.4. The van der Waals surface area contributed by atoms with Gasteiger partial charge in [0.15, 0.2) is 11.5 Å². The molecule has 0 saturated heterocycles. The van der Waals surface area contributed by atoms with Crippen LogP contribution in [-0.4, -0.2) is 18.4 Å². The molecule has 0 radical (unpaired) electrons. The molecular weight excluding hydrogens is 196 g/mol. The van der Waals surface area contributed by atoms with Crippen LogP contribution in [0.25, 0.3) is 0 Å². The molecule has 0 atom stereocenters. The fourth-order valence-electron chi connectivity index (χ4n) is 1.54. The zero-order valence-electron chi connectivity index (χ0n) is 9.03. The van der Waals surface area contributed by atoms with E-state index in [0.29, 0.717) is 5.75 Å². The number of hydrogen-bond acceptors (Lipinski definition) is 3. The first-order chi connectivity index (χ1) is 7.10. The van der Waals surface area contributed by atoms with Crippen molar-refractivity contribution in [1.82, 2.24) is 0 Å². The Hall–Kier alpha value is -1.71. The number of carbonyl (C=O) groups is 1. The summed E-state index contributed by atoms with van der Waals surface area (Å²) in [5.74, 6) is 0.743. The van der Waals surface area contributed by atoms with Crippen LogP contribution in [0.3, 0.4) is 0 Å². The second-order valence-electron chi connectivity index (χ2n) is 3.11. The normalized spacial score (nSPS) is 9.80. The summed E-state index contributed by atoms with van der Waals surface area (Å²) in [6.07, 6.45) is -0.564. The van der Waals surface area contributed by atoms with E-state index in [4.69, 9.17) is 9.84 Å². The second kappa shape index (κ2) is 4.68. The van der Waals surface area contributed by atoms with Gasteiger partial charge in [-0.2, -0.15) is 0 Å². The van der Waals surface area contributed by atoms with E-state index in [-0.39, 0.29) is 5.75 Å². The van der Waals surface area contributed by atoms with E-state index >= 15 is 0 Å². The average molecular weight is 210 g/mol. The van der Waals surface area contributed by atoms with Crippen molar-refractivity contribution in [2.75, 3.05) is 7.11 Å². The van der Waals surface area contributed by atoms with Crippen molar-refractivity contribution in [3.05, 3.63) is 23.3 Å². The lowest BCUT2D eigenvalue weighted by atomic mass is 10.0. The predicted octanol–water partition coefficient (Wildman–Crippen LogP) is 2.62. The monoisotopic (exact) mass is 210 g/mol. The molecule has 0 aliphatic heterocycles. The molecule has 1 aromatic carbocycles. The van der Waals surface area contributed by atoms with Crippen LogP contribution in [0, 0.1) is 6.92 Å². The van der Waals surface area contributed by atoms with Crippen molar-refractivity contribution in [3.8, 4) is 11.5 Å². The lowest BCUT2D eigenvalue weighted by molar-refractivity contribution is 0.142. The maximum absolute atomic E-state index is 10.4. The lowest BCUT2D eigenvalue weighted by Crippen LogP contribution is -2.06. The van der Waals surface area contributed by atoms with Crippen LogP contribution in [0.4, 0.5) is 4.79 Å². The van der Waals surface area contributed by atoms with Gasteiger partial charge in [-0.1, -0.05) is 13.0 Å². The Morgan fingerprint density at radius 2 is 2.13 bits per heavy atom. The van der Waals surface area contributed by atoms with Crippen LogP contribution < -0.4 is 9.47 Å². The number of aryl methyl sites for hydroxylation is 1. The van der Waals surface area contributed by atoms with Gasteiger partial charge in [0.1, 0.15) is 0 Å². The van der Waals surface area contributed by atoms with Crippen LogP contribution in [0.5, 0.6) is 11.5 Å². The van der Waals surface area contributed by atoms with Crippen LogP contribution in [0.15, 0.2) is 12.1 Å². The molecule has 0 fully saturated rings. The molecule has 0 spiro atoms. The van der Waals surface area contributed by atoms with Gasteiger partial charge in [-0.15, -0.1) is 0 Å². The van der Waals surface area contributed by atoms with E-state index in [1.165, 1.54) is 7.11 Å². The van der Waals surface area contributed by atoms with E-state index in [0.717, 1.165) is 17.5 Å². The van der Waals surface area contributed by atoms with Crippen molar-refractivity contribution in [2.24, 2.45) is 0 Å². The van der Waals surface area contributed by atoms with Gasteiger partial charge in [0, 0.05) is 5.56 Å². The molecule has 1 rings (SSSR count). The summed E-state index contributed by atoms with van der Waals surface area (Å²) in [5.41, 5.74) is 2.03. The summed E-state index contributed by atoms with van der Waals surface area (Å²) in [6.45, 7) is 3.93. The standard InChI is InChI=1S/C11H14O4/c1-4-8-7(2)5-6-9(10(8)14-3)15-11(12)13/h5-6H,4H2,1-3H3,(H,12,13). The maximum Gasteiger partial charge on any atom is 0.511 e. The smallest absolute Gasteiger partial charge is 0.493 e. The third kappa shape index (κ3) is 2.40. The first-order valence-corrected chi connectivity index (χ1v) is 4.67. The van der Waals surface area contributed by atoms with E-state index in [1.54, 1.807) is 6.07 Å². The van der Waals surface area contributed by atoms with Crippen LogP contribution in [-0.2, 0) is 6.42 Å². The van der Waals surface area contributed by atoms with Crippen molar-refractivity contribution < 1.29 is 19.4 Å². The first kappa shape index (κ1) is 11.4. The van der Waals surface area contributed by atoms with Crippen molar-refractivity contribution in [2.45, 2.75) is 20.3 Å². The van der Waals surface area contributed by atoms with E-state index < -0.39 is 6.16 Å². The van der Waals surface area contributed by atoms with Gasteiger partial charge < -0.3 is 14.6 Å². The predicted molar refractivity (Wildman–Crippen MR) is 55.8 cm³/mol. The Bertz CT molecular complexity index is 371. The lowest BCUT2D eigenvalue weighted by Gasteiger charge is -2.13. The third-order valence-corrected chi connectivity index (χ3v) is 2.21. The van der Waals surface area contributed by atoms with E-state index in [9.17, 15) is 4.79 Å². The fourth-order valence-corrected chi connectivity index (χ4v) is 1.54. The van der Waals surface area contributed by atoms with Crippen molar-refractivity contribution in [3.63, 3.8) is 0 Å². The van der Waals surface area contributed by atoms with Gasteiger partial charge in [-0.05, 0) is 25.0 Å². The highest BCUT2D eigenvalue weighted by Gasteiger charge is 2.13. The highest BCUT2D eigenvalue weighted by atomic mass is 16.7. The molecule has 0 aliphatic carbocycles. The number of hydrogen-bond donors (Lipinski definition) is 1. The summed E-state index contributed by atoms with van der Waals surface area (Å²) < 4.78 is 9.79. The average Bonchev–Trinajstić information content (AvgIpc) is 2.19. The van der Waals surface area contributed by atoms with Crippen LogP contribution >= 0.6 is 0 Å². The minimum atomic E-state index is -1.33. The highest BCUT2D eigenvalue weighted by molar-refractivity contribution is 5.64. The zero-order valence-corrected chi connectivity index (χ0v) is 9.03. The molecule has 0 heterocycles. The molecular formula is C11H14O4. The van der Waals surface area contributed by atoms with Gasteiger partial charge in [-0.3, -0.25) is 0 Å². The van der Waals surface area contributed by atoms with Crippen LogP contribution in [0.2, 0.25) is 0 Å². The summed E-state index contributed by atoms with van der Waals surface area (Å²) in [6, 6.07) is 3.42. The van der Waals surface area contributed by atoms with Gasteiger partial charge in [0.25, 0.3) is 0 Å². The summed E-state index contributed by atoms with van der Waals surface area (Å²) in [5, 5.41) is 8.54. The van der Waals surface area contributed by atoms with Gasteiger partial charge in [-0.25, -0.2) is 4.79 Å². The SMILES string of the molecule is CCc1c(C)ccc(OC(=O)O)c1OC. The number of methoxy groups -OCH3 is 1. The van der Waals surface area contributed by atoms with E-state index in [2.05, 4.69) is 4.74 Å². The molecule has 15 heavy (non-hydrogen) atoms. The van der Waals surface area contributed by atoms with Gasteiger partial charge in [0.2, 0.25) is 0 Å². The van der Waals surface area contributed by atoms with Crippen molar-refractivity contribution >= 4 is 6.16 Å².